The molecule has 0 aromatic heterocycles. The number of nitrogens with zero attached hydrogens (tertiary/aromatic N) is 3. The summed E-state index contributed by atoms with van der Waals surface area (Å²) >= 11 is 0. The van der Waals surface area contributed by atoms with Gasteiger partial charge in [-0.1, -0.05) is 53.1 Å². The van der Waals surface area contributed by atoms with Crippen LogP contribution in [0, 0.1) is 105 Å². The minimum Gasteiger partial charge on any atom is -2.00 e. The fourth-order valence-corrected chi connectivity index (χ4v) is 19.8. The Morgan fingerprint density at radius 2 is 0.559 bits per heavy atom. The normalized spacial score (nSPS) is 38.2. The summed E-state index contributed by atoms with van der Waals surface area (Å²) in [6.45, 7) is 13.7. The molecule has 12 saturated carbocycles. The first-order valence-electron chi connectivity index (χ1n) is 27.4. The maximum Gasteiger partial charge on any atom is 0.0228 e. The first-order valence-corrected chi connectivity index (χ1v) is 27.4. The second-order valence-electron chi connectivity index (χ2n) is 26.3. The number of hydrogen-bond acceptors (Lipinski definition) is 6. The summed E-state index contributed by atoms with van der Waals surface area (Å²) in [7, 11) is 0. The minimum absolute atomic E-state index is 0. The Bertz CT molecular complexity index is 2020. The maximum atomic E-state index is 14.9. The van der Waals surface area contributed by atoms with Crippen LogP contribution in [0.5, 0.6) is 17.2 Å². The third-order valence-corrected chi connectivity index (χ3v) is 21.1. The van der Waals surface area contributed by atoms with Gasteiger partial charge < -0.3 is 20.8 Å². The summed E-state index contributed by atoms with van der Waals surface area (Å²) < 4.78 is 0. The standard InChI is InChI=1S/C60H81N3O3.O.U/c1-37-10-49(55(64)52(13-37)58-25-40-16-41(26-58)18-42(17-40)27-58)34-61-4-6-62(35-50-11-38(2)14-53(56(50)65)59-28-43-19-44(29-59)21-45(20-43)30-59)8-9-63(7-5-61)36-51-12-39(3)15-54(57(51)66)60-31-46-22-47(32-60)24-48(23-46)33-60;;/h10-15,40-48,64-66H,4-9,16-36H2,1-3H3;;/q;-2;/p-3. The van der Waals surface area contributed by atoms with Crippen LogP contribution >= 0.6 is 0 Å². The van der Waals surface area contributed by atoms with E-state index < -0.39 is 0 Å². The minimum atomic E-state index is 0. The molecule has 0 atom stereocenters. The Kier molecular flexibility index (Phi) is 12.9. The van der Waals surface area contributed by atoms with Crippen molar-refractivity contribution in [2.24, 2.45) is 53.3 Å². The van der Waals surface area contributed by atoms with Crippen molar-refractivity contribution in [1.29, 1.82) is 0 Å². The molecule has 3 aromatic rings. The van der Waals surface area contributed by atoms with Crippen molar-refractivity contribution in [2.75, 3.05) is 39.3 Å². The smallest absolute Gasteiger partial charge is 0.0228 e. The zero-order valence-corrected chi connectivity index (χ0v) is 45.9. The SMILES string of the molecule is Cc1cc(CN2CCN(Cc3cc(C)cc(C45CC6CC(CC(C6)C4)C5)c3[O-])CCN(Cc3cc(C)cc(C45CC6CC(CC(C6)C4)C5)c3[O-])CC2)c([O-])c(C23CC4CC(CC(C4)C2)C3)c1.[O-2].[U]. The number of benzene rings is 3. The van der Waals surface area contributed by atoms with Gasteiger partial charge in [-0.15, -0.1) is 17.2 Å². The fourth-order valence-electron chi connectivity index (χ4n) is 19.8. The van der Waals surface area contributed by atoms with Gasteiger partial charge in [0.15, 0.2) is 0 Å². The Morgan fingerprint density at radius 1 is 0.368 bits per heavy atom. The summed E-state index contributed by atoms with van der Waals surface area (Å²) in [4.78, 5) is 7.65. The molecule has 13 aliphatic rings. The molecule has 68 heavy (non-hydrogen) atoms. The van der Waals surface area contributed by atoms with Crippen molar-refractivity contribution in [2.45, 2.75) is 172 Å². The molecule has 7 nitrogen and oxygen atoms in total. The molecule has 0 amide bonds. The van der Waals surface area contributed by atoms with E-state index in [9.17, 15) is 15.3 Å². The largest absolute Gasteiger partial charge is 2.00 e. The fraction of sp³-hybridized carbons (Fsp3) is 0.700. The van der Waals surface area contributed by atoms with Crippen molar-refractivity contribution >= 4 is 0 Å². The summed E-state index contributed by atoms with van der Waals surface area (Å²) in [5.41, 5.74) is 10.3. The average molecular weight is 1140 g/mol. The second-order valence-corrected chi connectivity index (χ2v) is 26.3. The van der Waals surface area contributed by atoms with Gasteiger partial charge in [0, 0.05) is 90.0 Å². The first-order chi connectivity index (χ1) is 31.8. The zero-order chi connectivity index (χ0) is 44.7. The summed E-state index contributed by atoms with van der Waals surface area (Å²) in [6, 6.07) is 13.5. The quantitative estimate of drug-likeness (QED) is 0.211. The molecule has 0 spiro atoms. The third-order valence-electron chi connectivity index (χ3n) is 21.1. The molecular formula is C60H78N3O4U-5. The Balaban J connectivity index is 0.00000253. The van der Waals surface area contributed by atoms with Gasteiger partial charge in [-0.3, -0.25) is 14.7 Å². The van der Waals surface area contributed by atoms with Crippen LogP contribution in [0.1, 0.15) is 166 Å². The molecule has 366 valence electrons. The molecule has 12 aliphatic carbocycles. The molecule has 0 N–H and O–H groups in total. The predicted molar refractivity (Wildman–Crippen MR) is 258 cm³/mol. The van der Waals surface area contributed by atoms with Crippen LogP contribution in [-0.4, -0.2) is 54.0 Å². The van der Waals surface area contributed by atoms with E-state index in [1.165, 1.54) is 132 Å². The Labute approximate surface area is 432 Å². The summed E-state index contributed by atoms with van der Waals surface area (Å²) in [6.07, 6.45) is 23.3. The maximum absolute atomic E-state index is 14.9. The molecule has 16 rings (SSSR count). The van der Waals surface area contributed by atoms with Gasteiger partial charge in [0.2, 0.25) is 0 Å². The van der Waals surface area contributed by atoms with Gasteiger partial charge in [0.25, 0.3) is 0 Å². The average Bonchev–Trinajstić information content (AvgIpc) is 3.33. The Morgan fingerprint density at radius 3 is 0.750 bits per heavy atom. The summed E-state index contributed by atoms with van der Waals surface area (Å²) in [5, 5.41) is 44.7. The zero-order valence-electron chi connectivity index (χ0n) is 41.7. The molecule has 3 aromatic carbocycles. The van der Waals surface area contributed by atoms with Crippen LogP contribution in [0.3, 0.4) is 0 Å². The van der Waals surface area contributed by atoms with Crippen LogP contribution in [0.25, 0.3) is 0 Å². The van der Waals surface area contributed by atoms with E-state index in [1.54, 1.807) is 0 Å². The predicted octanol–water partition coefficient (Wildman–Crippen LogP) is 9.94. The molecule has 13 fully saturated rings. The van der Waals surface area contributed by atoms with Crippen molar-refractivity contribution < 1.29 is 51.9 Å². The topological polar surface area (TPSA) is 107 Å². The van der Waals surface area contributed by atoms with Gasteiger partial charge in [0.1, 0.15) is 0 Å². The number of aryl methyl sites for hydroxylation is 3. The number of rotatable bonds is 9. The third kappa shape index (κ3) is 8.57. The van der Waals surface area contributed by atoms with Gasteiger partial charge >= 0.3 is 0 Å². The first kappa shape index (κ1) is 48.2. The Hall–Kier alpha value is -2.05. The van der Waals surface area contributed by atoms with Gasteiger partial charge in [0.05, 0.1) is 0 Å². The van der Waals surface area contributed by atoms with E-state index in [-0.39, 0.29) is 52.8 Å². The van der Waals surface area contributed by atoms with Crippen LogP contribution in [0.15, 0.2) is 36.4 Å². The van der Waals surface area contributed by atoms with Crippen molar-refractivity contribution in [1.82, 2.24) is 14.7 Å². The van der Waals surface area contributed by atoms with E-state index in [0.717, 1.165) is 126 Å². The van der Waals surface area contributed by atoms with E-state index >= 15 is 0 Å². The van der Waals surface area contributed by atoms with Crippen LogP contribution < -0.4 is 15.3 Å². The molecule has 8 heteroatoms. The van der Waals surface area contributed by atoms with Crippen LogP contribution in [0.4, 0.5) is 0 Å². The van der Waals surface area contributed by atoms with E-state index in [4.69, 9.17) is 0 Å². The monoisotopic (exact) mass is 1140 g/mol. The van der Waals surface area contributed by atoms with Crippen molar-refractivity contribution in [3.8, 4) is 17.2 Å². The molecular weight excluding hydrogens is 1060 g/mol. The van der Waals surface area contributed by atoms with Crippen LogP contribution in [0.2, 0.25) is 0 Å². The second kappa shape index (κ2) is 18.2. The number of hydrogen-bond donors (Lipinski definition) is 0. The van der Waals surface area contributed by atoms with E-state index in [2.05, 4.69) is 71.9 Å². The van der Waals surface area contributed by atoms with Crippen molar-refractivity contribution in [3.05, 3.63) is 86.5 Å². The van der Waals surface area contributed by atoms with Crippen LogP contribution in [-0.2, 0) is 41.4 Å². The molecule has 0 radical (unpaired) electrons. The van der Waals surface area contributed by atoms with Gasteiger partial charge in [-0.25, -0.2) is 0 Å². The van der Waals surface area contributed by atoms with E-state index in [0.29, 0.717) is 36.9 Å². The molecule has 1 saturated heterocycles. The molecule has 1 heterocycles. The molecule has 12 bridgehead atoms. The van der Waals surface area contributed by atoms with Gasteiger partial charge in [-0.05, 0) is 239 Å². The molecule has 0 unspecified atom stereocenters. The van der Waals surface area contributed by atoms with E-state index in [1.807, 2.05) is 0 Å². The molecule has 1 aliphatic heterocycles. The van der Waals surface area contributed by atoms with Crippen molar-refractivity contribution in [3.63, 3.8) is 0 Å². The van der Waals surface area contributed by atoms with Gasteiger partial charge in [-0.2, -0.15) is 0 Å². The summed E-state index contributed by atoms with van der Waals surface area (Å²) in [5.74, 6) is 8.14.